The van der Waals surface area contributed by atoms with Gasteiger partial charge in [-0.1, -0.05) is 47.5 Å². The molecule has 0 bridgehead atoms. The van der Waals surface area contributed by atoms with E-state index in [0.29, 0.717) is 10.0 Å². The number of hydrogen-bond acceptors (Lipinski definition) is 2. The molecule has 0 saturated carbocycles. The van der Waals surface area contributed by atoms with Crippen LogP contribution in [0.25, 0.3) is 10.9 Å². The number of fused-ring (bicyclic) bond motifs is 1. The Morgan fingerprint density at radius 1 is 1.00 bits per heavy atom. The monoisotopic (exact) mass is 302 g/mol. The summed E-state index contributed by atoms with van der Waals surface area (Å²) in [4.78, 5) is 4.30. The summed E-state index contributed by atoms with van der Waals surface area (Å²) < 4.78 is 0. The highest BCUT2D eigenvalue weighted by Gasteiger charge is 2.14. The molecule has 0 spiro atoms. The van der Waals surface area contributed by atoms with E-state index in [1.54, 1.807) is 12.3 Å². The highest BCUT2D eigenvalue weighted by atomic mass is 35.5. The molecule has 100 valence electrons. The fraction of sp³-hybridized carbons (Fsp3) is 0.0625. The van der Waals surface area contributed by atoms with E-state index in [0.717, 1.165) is 22.0 Å². The van der Waals surface area contributed by atoms with Crippen LogP contribution in [0.3, 0.4) is 0 Å². The fourth-order valence-corrected chi connectivity index (χ4v) is 2.65. The van der Waals surface area contributed by atoms with Gasteiger partial charge in [-0.25, -0.2) is 0 Å². The molecule has 0 aliphatic rings. The van der Waals surface area contributed by atoms with Crippen LogP contribution in [0.5, 0.6) is 0 Å². The third-order valence-electron chi connectivity index (χ3n) is 3.30. The van der Waals surface area contributed by atoms with E-state index in [4.69, 9.17) is 28.9 Å². The van der Waals surface area contributed by atoms with E-state index < -0.39 is 0 Å². The first-order valence-electron chi connectivity index (χ1n) is 6.21. The lowest BCUT2D eigenvalue weighted by Gasteiger charge is -2.15. The molecule has 0 radical (unpaired) electrons. The van der Waals surface area contributed by atoms with Gasteiger partial charge in [-0.2, -0.15) is 0 Å². The number of nitrogens with two attached hydrogens (primary N) is 1. The highest BCUT2D eigenvalue weighted by molar-refractivity contribution is 6.42. The van der Waals surface area contributed by atoms with Gasteiger partial charge in [0.1, 0.15) is 0 Å². The molecule has 1 unspecified atom stereocenters. The van der Waals surface area contributed by atoms with E-state index in [9.17, 15) is 0 Å². The molecule has 20 heavy (non-hydrogen) atoms. The topological polar surface area (TPSA) is 38.9 Å². The molecule has 4 heteroatoms. The predicted octanol–water partition coefficient (Wildman–Crippen LogP) is 4.59. The van der Waals surface area contributed by atoms with Crippen LogP contribution in [-0.4, -0.2) is 4.98 Å². The van der Waals surface area contributed by atoms with Crippen molar-refractivity contribution < 1.29 is 0 Å². The summed E-state index contributed by atoms with van der Waals surface area (Å²) in [6.45, 7) is 0. The third kappa shape index (κ3) is 2.38. The van der Waals surface area contributed by atoms with Crippen LogP contribution in [0.2, 0.25) is 10.0 Å². The van der Waals surface area contributed by atoms with Gasteiger partial charge in [0.2, 0.25) is 0 Å². The lowest BCUT2D eigenvalue weighted by molar-refractivity contribution is 0.873. The van der Waals surface area contributed by atoms with Crippen molar-refractivity contribution in [2.75, 3.05) is 0 Å². The first kappa shape index (κ1) is 13.4. The lowest BCUT2D eigenvalue weighted by atomic mass is 9.98. The number of aromatic nitrogens is 1. The average molecular weight is 303 g/mol. The van der Waals surface area contributed by atoms with E-state index in [2.05, 4.69) is 4.98 Å². The van der Waals surface area contributed by atoms with Crippen molar-refractivity contribution in [2.24, 2.45) is 5.73 Å². The zero-order valence-corrected chi connectivity index (χ0v) is 12.1. The Bertz CT molecular complexity index is 771. The fourth-order valence-electron chi connectivity index (χ4n) is 2.23. The molecule has 1 aromatic heterocycles. The maximum absolute atomic E-state index is 6.31. The molecule has 2 aromatic carbocycles. The molecule has 0 amide bonds. The molecule has 3 aromatic rings. The Morgan fingerprint density at radius 2 is 1.85 bits per heavy atom. The molecule has 0 fully saturated rings. The SMILES string of the molecule is NC(c1ccc2ncccc2c1)c1cccc(Cl)c1Cl. The highest BCUT2D eigenvalue weighted by Crippen LogP contribution is 2.32. The van der Waals surface area contributed by atoms with Crippen molar-refractivity contribution in [1.29, 1.82) is 0 Å². The normalized spacial score (nSPS) is 12.6. The molecule has 1 atom stereocenters. The number of nitrogens with zero attached hydrogens (tertiary/aromatic N) is 1. The molecule has 0 aliphatic carbocycles. The van der Waals surface area contributed by atoms with Crippen LogP contribution < -0.4 is 5.73 Å². The van der Waals surface area contributed by atoms with Crippen molar-refractivity contribution in [2.45, 2.75) is 6.04 Å². The number of hydrogen-bond donors (Lipinski definition) is 1. The van der Waals surface area contributed by atoms with E-state index in [1.807, 2.05) is 42.5 Å². The molecule has 1 heterocycles. The van der Waals surface area contributed by atoms with Crippen molar-refractivity contribution in [3.05, 3.63) is 75.9 Å². The Balaban J connectivity index is 2.08. The average Bonchev–Trinajstić information content (AvgIpc) is 2.49. The van der Waals surface area contributed by atoms with Crippen LogP contribution in [-0.2, 0) is 0 Å². The van der Waals surface area contributed by atoms with Gasteiger partial charge in [0.25, 0.3) is 0 Å². The zero-order valence-electron chi connectivity index (χ0n) is 10.6. The van der Waals surface area contributed by atoms with E-state index in [-0.39, 0.29) is 6.04 Å². The third-order valence-corrected chi connectivity index (χ3v) is 4.14. The largest absolute Gasteiger partial charge is 0.320 e. The van der Waals surface area contributed by atoms with Crippen LogP contribution >= 0.6 is 23.2 Å². The van der Waals surface area contributed by atoms with E-state index in [1.165, 1.54) is 0 Å². The van der Waals surface area contributed by atoms with Gasteiger partial charge in [0.05, 0.1) is 21.6 Å². The maximum Gasteiger partial charge on any atom is 0.0702 e. The minimum absolute atomic E-state index is 0.314. The molecule has 2 N–H and O–H groups in total. The van der Waals surface area contributed by atoms with E-state index >= 15 is 0 Å². The summed E-state index contributed by atoms with van der Waals surface area (Å²) in [5.74, 6) is 0. The smallest absolute Gasteiger partial charge is 0.0702 e. The van der Waals surface area contributed by atoms with Gasteiger partial charge < -0.3 is 5.73 Å². The van der Waals surface area contributed by atoms with Crippen molar-refractivity contribution >= 4 is 34.1 Å². The van der Waals surface area contributed by atoms with Gasteiger partial charge in [-0.05, 0) is 35.4 Å². The van der Waals surface area contributed by atoms with Crippen LogP contribution in [0.15, 0.2) is 54.7 Å². The Morgan fingerprint density at radius 3 is 2.70 bits per heavy atom. The molecule has 0 aliphatic heterocycles. The van der Waals surface area contributed by atoms with Crippen molar-refractivity contribution in [3.8, 4) is 0 Å². The summed E-state index contributed by atoms with van der Waals surface area (Å²) in [6.07, 6.45) is 1.77. The van der Waals surface area contributed by atoms with Gasteiger partial charge in [-0.15, -0.1) is 0 Å². The molecule has 0 saturated heterocycles. The zero-order chi connectivity index (χ0) is 14.1. The number of benzene rings is 2. The quantitative estimate of drug-likeness (QED) is 0.752. The summed E-state index contributed by atoms with van der Waals surface area (Å²) in [7, 11) is 0. The number of pyridine rings is 1. The van der Waals surface area contributed by atoms with Crippen LogP contribution in [0.1, 0.15) is 17.2 Å². The minimum Gasteiger partial charge on any atom is -0.320 e. The minimum atomic E-state index is -0.314. The molecule has 2 nitrogen and oxygen atoms in total. The van der Waals surface area contributed by atoms with Gasteiger partial charge in [0, 0.05) is 11.6 Å². The second kappa shape index (κ2) is 5.41. The van der Waals surface area contributed by atoms with Gasteiger partial charge in [-0.3, -0.25) is 4.98 Å². The first-order chi connectivity index (χ1) is 9.66. The summed E-state index contributed by atoms with van der Waals surface area (Å²) in [5, 5.41) is 2.08. The van der Waals surface area contributed by atoms with Gasteiger partial charge in [0.15, 0.2) is 0 Å². The number of rotatable bonds is 2. The predicted molar refractivity (Wildman–Crippen MR) is 84.2 cm³/mol. The summed E-state index contributed by atoms with van der Waals surface area (Å²) >= 11 is 12.3. The Kier molecular flexibility index (Phi) is 3.62. The van der Waals surface area contributed by atoms with Crippen molar-refractivity contribution in [3.63, 3.8) is 0 Å². The van der Waals surface area contributed by atoms with Crippen molar-refractivity contribution in [1.82, 2.24) is 4.98 Å². The maximum atomic E-state index is 6.31. The second-order valence-electron chi connectivity index (χ2n) is 4.58. The lowest BCUT2D eigenvalue weighted by Crippen LogP contribution is -2.12. The van der Waals surface area contributed by atoms with Gasteiger partial charge >= 0.3 is 0 Å². The number of halogens is 2. The standard InChI is InChI=1S/C16H12Cl2N2/c17-13-5-1-4-12(15(13)18)16(19)11-6-7-14-10(9-11)3-2-8-20-14/h1-9,16H,19H2. The Labute approximate surface area is 127 Å². The molecule has 3 rings (SSSR count). The second-order valence-corrected chi connectivity index (χ2v) is 5.36. The summed E-state index contributed by atoms with van der Waals surface area (Å²) in [6, 6.07) is 15.1. The van der Waals surface area contributed by atoms with Crippen LogP contribution in [0.4, 0.5) is 0 Å². The molecular weight excluding hydrogens is 291 g/mol. The first-order valence-corrected chi connectivity index (χ1v) is 6.96. The Hall–Kier alpha value is -1.61. The van der Waals surface area contributed by atoms with Crippen LogP contribution in [0, 0.1) is 0 Å². The molecular formula is C16H12Cl2N2. The summed E-state index contributed by atoms with van der Waals surface area (Å²) in [5.41, 5.74) is 9.06.